The lowest BCUT2D eigenvalue weighted by Crippen LogP contribution is -2.46. The minimum atomic E-state index is -4.83. The predicted octanol–water partition coefficient (Wildman–Crippen LogP) is 7.43. The molecule has 3 aromatic rings. The number of carbonyl (C=O) groups is 1. The van der Waals surface area contributed by atoms with Gasteiger partial charge in [0.1, 0.15) is 0 Å². The second kappa shape index (κ2) is 12.7. The van der Waals surface area contributed by atoms with E-state index in [9.17, 15) is 28.2 Å². The summed E-state index contributed by atoms with van der Waals surface area (Å²) in [5, 5.41) is 24.0. The van der Waals surface area contributed by atoms with Crippen molar-refractivity contribution in [3.05, 3.63) is 93.0 Å². The molecular formula is C29H30Cl2F3NO4. The van der Waals surface area contributed by atoms with Gasteiger partial charge in [0.15, 0.2) is 0 Å². The molecule has 39 heavy (non-hydrogen) atoms. The number of halogens is 5. The lowest BCUT2D eigenvalue weighted by Gasteiger charge is -2.28. The summed E-state index contributed by atoms with van der Waals surface area (Å²) in [6, 6.07) is 15.4. The molecular weight excluding hydrogens is 554 g/mol. The van der Waals surface area contributed by atoms with E-state index < -0.39 is 35.5 Å². The summed E-state index contributed by atoms with van der Waals surface area (Å²) in [6.07, 6.45) is -5.60. The summed E-state index contributed by atoms with van der Waals surface area (Å²) in [4.78, 5) is 11.3. The zero-order chi connectivity index (χ0) is 29.0. The quantitative estimate of drug-likeness (QED) is 0.219. The number of benzene rings is 3. The molecule has 210 valence electrons. The van der Waals surface area contributed by atoms with E-state index in [0.717, 1.165) is 17.7 Å². The fourth-order valence-electron chi connectivity index (χ4n) is 4.27. The van der Waals surface area contributed by atoms with Crippen molar-refractivity contribution in [3.8, 4) is 11.1 Å². The van der Waals surface area contributed by atoms with Crippen molar-refractivity contribution in [2.24, 2.45) is 0 Å². The molecule has 0 spiro atoms. The topological polar surface area (TPSA) is 78.8 Å². The summed E-state index contributed by atoms with van der Waals surface area (Å²) >= 11 is 12.1. The van der Waals surface area contributed by atoms with Crippen LogP contribution < -0.4 is 5.32 Å². The van der Waals surface area contributed by atoms with Crippen molar-refractivity contribution >= 4 is 29.2 Å². The number of hydrogen-bond donors (Lipinski definition) is 3. The number of β-amino-alcohol motifs (C(OH)–C–C–N with tert-alkyl or cyclic N) is 1. The van der Waals surface area contributed by atoms with Gasteiger partial charge in [0.2, 0.25) is 0 Å². The lowest BCUT2D eigenvalue weighted by atomic mass is 9.93. The van der Waals surface area contributed by atoms with Crippen LogP contribution in [-0.4, -0.2) is 41.0 Å². The zero-order valence-electron chi connectivity index (χ0n) is 21.7. The van der Waals surface area contributed by atoms with E-state index in [-0.39, 0.29) is 24.3 Å². The Labute approximate surface area is 235 Å². The molecule has 2 atom stereocenters. The fraction of sp³-hybridized carbons (Fsp3) is 0.345. The largest absolute Gasteiger partial charge is 0.478 e. The molecule has 0 amide bonds. The van der Waals surface area contributed by atoms with Crippen LogP contribution in [0.3, 0.4) is 0 Å². The number of alkyl halides is 3. The fourth-order valence-corrected chi connectivity index (χ4v) is 4.59. The molecule has 3 N–H and O–H groups in total. The van der Waals surface area contributed by atoms with Gasteiger partial charge in [-0.05, 0) is 73.7 Å². The molecule has 0 heterocycles. The summed E-state index contributed by atoms with van der Waals surface area (Å²) in [5.74, 6) is -1.65. The van der Waals surface area contributed by atoms with Gasteiger partial charge in [-0.15, -0.1) is 0 Å². The Balaban J connectivity index is 1.66. The molecule has 0 aromatic heterocycles. The van der Waals surface area contributed by atoms with Crippen molar-refractivity contribution in [2.75, 3.05) is 13.2 Å². The van der Waals surface area contributed by atoms with Gasteiger partial charge in [-0.1, -0.05) is 59.6 Å². The van der Waals surface area contributed by atoms with Gasteiger partial charge in [-0.25, -0.2) is 4.79 Å². The van der Waals surface area contributed by atoms with Crippen molar-refractivity contribution in [3.63, 3.8) is 0 Å². The van der Waals surface area contributed by atoms with E-state index in [1.165, 1.54) is 6.07 Å². The third-order valence-corrected chi connectivity index (χ3v) is 6.99. The monoisotopic (exact) mass is 583 g/mol. The number of hydrogen-bond acceptors (Lipinski definition) is 4. The average Bonchev–Trinajstić information content (AvgIpc) is 2.87. The van der Waals surface area contributed by atoms with E-state index >= 15 is 0 Å². The first-order chi connectivity index (χ1) is 18.2. The Morgan fingerprint density at radius 1 is 1.03 bits per heavy atom. The van der Waals surface area contributed by atoms with Crippen LogP contribution in [0.5, 0.6) is 0 Å². The minimum Gasteiger partial charge on any atom is -0.478 e. The van der Waals surface area contributed by atoms with Gasteiger partial charge in [0, 0.05) is 12.1 Å². The summed E-state index contributed by atoms with van der Waals surface area (Å²) in [6.45, 7) is 5.95. The average molecular weight is 584 g/mol. The van der Waals surface area contributed by atoms with Crippen LogP contribution in [-0.2, 0) is 17.3 Å². The van der Waals surface area contributed by atoms with Crippen LogP contribution in [0.4, 0.5) is 13.2 Å². The first-order valence-corrected chi connectivity index (χ1v) is 13.0. The Morgan fingerprint density at radius 2 is 1.72 bits per heavy atom. The third-order valence-electron chi connectivity index (χ3n) is 6.25. The minimum absolute atomic E-state index is 0.0168. The van der Waals surface area contributed by atoms with Gasteiger partial charge < -0.3 is 20.3 Å². The van der Waals surface area contributed by atoms with Crippen LogP contribution in [0, 0.1) is 0 Å². The first-order valence-electron chi connectivity index (χ1n) is 12.2. The first kappa shape index (κ1) is 30.9. The predicted molar refractivity (Wildman–Crippen MR) is 146 cm³/mol. The molecule has 0 aliphatic heterocycles. The van der Waals surface area contributed by atoms with Crippen LogP contribution in [0.15, 0.2) is 60.7 Å². The van der Waals surface area contributed by atoms with Crippen molar-refractivity contribution in [1.29, 1.82) is 0 Å². The molecule has 0 radical (unpaired) electrons. The normalized spacial score (nSPS) is 13.8. The standard InChI is InChI=1S/C29H30Cl2F3NO4/c1-17(39-16-20(36)15-35-28(2,3)14-18-8-11-25(30)26(31)12-18)21-6-4-5-7-22(21)19-9-10-23(27(37)38)24(13-19)29(32,33)34/h4-13,17,20,35-36H,14-16H2,1-3H3,(H,37,38)/t17?,20-/m0/s1. The number of nitrogens with one attached hydrogen (secondary N) is 1. The van der Waals surface area contributed by atoms with Gasteiger partial charge in [-0.3, -0.25) is 0 Å². The molecule has 0 saturated carbocycles. The van der Waals surface area contributed by atoms with Crippen LogP contribution in [0.2, 0.25) is 10.0 Å². The molecule has 0 bridgehead atoms. The Hall–Kier alpha value is -2.62. The molecule has 1 unspecified atom stereocenters. The molecule has 0 fully saturated rings. The van der Waals surface area contributed by atoms with Crippen molar-refractivity contribution in [2.45, 2.75) is 51.1 Å². The number of carboxylic acid groups (broad SMARTS) is 1. The van der Waals surface area contributed by atoms with Gasteiger partial charge in [0.25, 0.3) is 0 Å². The second-order valence-corrected chi connectivity index (χ2v) is 10.8. The van der Waals surface area contributed by atoms with Gasteiger partial charge in [0.05, 0.1) is 40.0 Å². The molecule has 3 aromatic carbocycles. The highest BCUT2D eigenvalue weighted by atomic mass is 35.5. The SMILES string of the molecule is CC(OC[C@@H](O)CNC(C)(C)Cc1ccc(Cl)c(Cl)c1)c1ccccc1-c1ccc(C(=O)O)c(C(F)(F)F)c1. The summed E-state index contributed by atoms with van der Waals surface area (Å²) in [5.41, 5.74) is -0.120. The molecule has 0 saturated heterocycles. The van der Waals surface area contributed by atoms with E-state index in [1.54, 1.807) is 43.3 Å². The van der Waals surface area contributed by atoms with E-state index in [1.807, 2.05) is 19.9 Å². The number of aliphatic hydroxyl groups is 1. The Bertz CT molecular complexity index is 1310. The zero-order valence-corrected chi connectivity index (χ0v) is 23.2. The maximum atomic E-state index is 13.6. The Kier molecular flexibility index (Phi) is 10.1. The highest BCUT2D eigenvalue weighted by Crippen LogP contribution is 2.37. The molecule has 0 aliphatic carbocycles. The van der Waals surface area contributed by atoms with Crippen molar-refractivity contribution < 1.29 is 32.9 Å². The van der Waals surface area contributed by atoms with Crippen molar-refractivity contribution in [1.82, 2.24) is 5.32 Å². The Morgan fingerprint density at radius 3 is 2.36 bits per heavy atom. The number of aromatic carboxylic acids is 1. The second-order valence-electron chi connectivity index (χ2n) is 9.97. The molecule has 5 nitrogen and oxygen atoms in total. The number of aliphatic hydroxyl groups excluding tert-OH is 1. The van der Waals surface area contributed by atoms with Crippen LogP contribution >= 0.6 is 23.2 Å². The molecule has 10 heteroatoms. The lowest BCUT2D eigenvalue weighted by molar-refractivity contribution is -0.138. The third kappa shape index (κ3) is 8.43. The van der Waals surface area contributed by atoms with Crippen LogP contribution in [0.1, 0.15) is 53.9 Å². The maximum Gasteiger partial charge on any atom is 0.417 e. The van der Waals surface area contributed by atoms with E-state index in [0.29, 0.717) is 27.6 Å². The summed E-state index contributed by atoms with van der Waals surface area (Å²) in [7, 11) is 0. The van der Waals surface area contributed by atoms with E-state index in [2.05, 4.69) is 5.32 Å². The van der Waals surface area contributed by atoms with E-state index in [4.69, 9.17) is 27.9 Å². The molecule has 0 aliphatic rings. The highest BCUT2D eigenvalue weighted by molar-refractivity contribution is 6.42. The maximum absolute atomic E-state index is 13.6. The smallest absolute Gasteiger partial charge is 0.417 e. The number of rotatable bonds is 11. The van der Waals surface area contributed by atoms with Crippen LogP contribution in [0.25, 0.3) is 11.1 Å². The number of carboxylic acids is 1. The number of ether oxygens (including phenoxy) is 1. The highest BCUT2D eigenvalue weighted by Gasteiger charge is 2.36. The molecule has 3 rings (SSSR count). The van der Waals surface area contributed by atoms with Gasteiger partial charge >= 0.3 is 12.1 Å². The van der Waals surface area contributed by atoms with Gasteiger partial charge in [-0.2, -0.15) is 13.2 Å². The summed E-state index contributed by atoms with van der Waals surface area (Å²) < 4.78 is 46.5.